The van der Waals surface area contributed by atoms with Crippen molar-refractivity contribution in [3.05, 3.63) is 11.8 Å². The molecule has 1 saturated heterocycles. The zero-order chi connectivity index (χ0) is 14.8. The molecule has 0 aromatic carbocycles. The Labute approximate surface area is 124 Å². The van der Waals surface area contributed by atoms with E-state index in [2.05, 4.69) is 16.7 Å². The van der Waals surface area contributed by atoms with Gasteiger partial charge in [0.05, 0.1) is 0 Å². The van der Waals surface area contributed by atoms with Gasteiger partial charge in [-0.1, -0.05) is 25.9 Å². The average molecular weight is 297 g/mol. The zero-order valence-corrected chi connectivity index (χ0v) is 13.4. The Morgan fingerprint density at radius 2 is 2.35 bits per heavy atom. The Bertz CT molecular complexity index is 467. The molecule has 5 nitrogen and oxygen atoms in total. The molecule has 1 aromatic heterocycles. The minimum atomic E-state index is -0.104. The third-order valence-electron chi connectivity index (χ3n) is 3.46. The molecule has 1 fully saturated rings. The van der Waals surface area contributed by atoms with Gasteiger partial charge in [0.25, 0.3) is 0 Å². The number of aromatic nitrogens is 1. The summed E-state index contributed by atoms with van der Waals surface area (Å²) in [6.07, 6.45) is 3.19. The molecule has 0 aliphatic carbocycles. The summed E-state index contributed by atoms with van der Waals surface area (Å²) < 4.78 is 5.27. The summed E-state index contributed by atoms with van der Waals surface area (Å²) in [5.41, 5.74) is -0.104. The summed E-state index contributed by atoms with van der Waals surface area (Å²) in [4.78, 5) is 14.0. The fourth-order valence-electron chi connectivity index (χ4n) is 2.27. The fraction of sp³-hybridized carbons (Fsp3) is 0.714. The smallest absolute Gasteiger partial charge is 0.323 e. The highest BCUT2D eigenvalue weighted by molar-refractivity contribution is 7.98. The standard InChI is InChI=1S/C14H23N3O2S/c1-14(2,3)11-7-12(16-19-11)15-13(18)17-6-5-10(8-17)9-20-4/h7,10H,5-6,8-9H2,1-4H3,(H,15,16,18)/t10-/m1/s1. The van der Waals surface area contributed by atoms with Crippen LogP contribution in [0.25, 0.3) is 0 Å². The van der Waals surface area contributed by atoms with E-state index in [-0.39, 0.29) is 11.4 Å². The van der Waals surface area contributed by atoms with Gasteiger partial charge < -0.3 is 9.42 Å². The van der Waals surface area contributed by atoms with Gasteiger partial charge in [-0.15, -0.1) is 0 Å². The van der Waals surface area contributed by atoms with Crippen molar-refractivity contribution in [1.82, 2.24) is 10.1 Å². The van der Waals surface area contributed by atoms with Crippen LogP contribution in [0.15, 0.2) is 10.6 Å². The second-order valence-corrected chi connectivity index (χ2v) is 7.22. The highest BCUT2D eigenvalue weighted by Crippen LogP contribution is 2.25. The van der Waals surface area contributed by atoms with Gasteiger partial charge in [-0.25, -0.2) is 4.79 Å². The van der Waals surface area contributed by atoms with Gasteiger partial charge in [0.15, 0.2) is 5.82 Å². The number of carbonyl (C=O) groups excluding carboxylic acids is 1. The third kappa shape index (κ3) is 3.69. The number of nitrogens with zero attached hydrogens (tertiary/aromatic N) is 2. The van der Waals surface area contributed by atoms with E-state index in [9.17, 15) is 4.79 Å². The first-order chi connectivity index (χ1) is 9.40. The summed E-state index contributed by atoms with van der Waals surface area (Å²) >= 11 is 1.84. The molecule has 0 radical (unpaired) electrons. The quantitative estimate of drug-likeness (QED) is 0.931. The predicted molar refractivity (Wildman–Crippen MR) is 82.3 cm³/mol. The molecule has 6 heteroatoms. The van der Waals surface area contributed by atoms with E-state index in [1.807, 2.05) is 37.4 Å². The Morgan fingerprint density at radius 3 is 2.95 bits per heavy atom. The van der Waals surface area contributed by atoms with Gasteiger partial charge in [0, 0.05) is 24.6 Å². The van der Waals surface area contributed by atoms with Crippen molar-refractivity contribution in [3.8, 4) is 0 Å². The van der Waals surface area contributed by atoms with Gasteiger partial charge in [0.1, 0.15) is 5.76 Å². The highest BCUT2D eigenvalue weighted by Gasteiger charge is 2.27. The number of anilines is 1. The molecule has 1 aromatic rings. The molecule has 1 atom stereocenters. The van der Waals surface area contributed by atoms with E-state index in [0.29, 0.717) is 11.7 Å². The van der Waals surface area contributed by atoms with Crippen molar-refractivity contribution in [1.29, 1.82) is 0 Å². The lowest BCUT2D eigenvalue weighted by molar-refractivity contribution is 0.221. The maximum Gasteiger partial charge on any atom is 0.323 e. The number of amides is 2. The average Bonchev–Trinajstić information content (AvgIpc) is 2.97. The van der Waals surface area contributed by atoms with Crippen LogP contribution in [0.1, 0.15) is 33.0 Å². The molecule has 0 spiro atoms. The summed E-state index contributed by atoms with van der Waals surface area (Å²) in [7, 11) is 0. The van der Waals surface area contributed by atoms with Crippen LogP contribution in [-0.2, 0) is 5.41 Å². The molecular weight excluding hydrogens is 274 g/mol. The van der Waals surface area contributed by atoms with Crippen LogP contribution in [0.3, 0.4) is 0 Å². The van der Waals surface area contributed by atoms with Crippen molar-refractivity contribution in [2.45, 2.75) is 32.6 Å². The number of nitrogens with one attached hydrogen (secondary N) is 1. The first kappa shape index (κ1) is 15.2. The van der Waals surface area contributed by atoms with Gasteiger partial charge in [0.2, 0.25) is 0 Å². The van der Waals surface area contributed by atoms with Crippen LogP contribution in [0.4, 0.5) is 10.6 Å². The molecule has 20 heavy (non-hydrogen) atoms. The number of thioether (sulfide) groups is 1. The van der Waals surface area contributed by atoms with E-state index >= 15 is 0 Å². The highest BCUT2D eigenvalue weighted by atomic mass is 32.2. The molecule has 2 rings (SSSR count). The minimum absolute atomic E-state index is 0.0811. The Balaban J connectivity index is 1.90. The van der Waals surface area contributed by atoms with Crippen LogP contribution in [0, 0.1) is 5.92 Å². The molecule has 0 unspecified atom stereocenters. The number of urea groups is 1. The van der Waals surface area contributed by atoms with Crippen LogP contribution in [-0.4, -0.2) is 41.2 Å². The van der Waals surface area contributed by atoms with Gasteiger partial charge in [-0.2, -0.15) is 11.8 Å². The van der Waals surface area contributed by atoms with E-state index in [4.69, 9.17) is 4.52 Å². The monoisotopic (exact) mass is 297 g/mol. The maximum atomic E-state index is 12.1. The summed E-state index contributed by atoms with van der Waals surface area (Å²) in [6.45, 7) is 7.80. The predicted octanol–water partition coefficient (Wildman–Crippen LogP) is 3.19. The SMILES string of the molecule is CSC[C@@H]1CCN(C(=O)Nc2cc(C(C)(C)C)on2)C1. The second kappa shape index (κ2) is 6.08. The number of likely N-dealkylation sites (tertiary alicyclic amines) is 1. The lowest BCUT2D eigenvalue weighted by Gasteiger charge is -2.16. The fourth-order valence-corrected chi connectivity index (χ4v) is 3.01. The second-order valence-electron chi connectivity index (χ2n) is 6.31. The zero-order valence-electron chi connectivity index (χ0n) is 12.6. The molecule has 112 valence electrons. The van der Waals surface area contributed by atoms with E-state index in [0.717, 1.165) is 31.0 Å². The molecule has 0 saturated carbocycles. The van der Waals surface area contributed by atoms with Crippen molar-refractivity contribution < 1.29 is 9.32 Å². The molecule has 2 heterocycles. The van der Waals surface area contributed by atoms with E-state index in [1.54, 1.807) is 6.07 Å². The summed E-state index contributed by atoms with van der Waals surface area (Å²) in [6, 6.07) is 1.72. The molecule has 2 amide bonds. The molecule has 1 aliphatic heterocycles. The van der Waals surface area contributed by atoms with Crippen LogP contribution in [0.2, 0.25) is 0 Å². The van der Waals surface area contributed by atoms with Crippen LogP contribution in [0.5, 0.6) is 0 Å². The third-order valence-corrected chi connectivity index (χ3v) is 4.26. The largest absolute Gasteiger partial charge is 0.359 e. The lowest BCUT2D eigenvalue weighted by atomic mass is 9.93. The number of rotatable bonds is 3. The Hall–Kier alpha value is -1.17. The van der Waals surface area contributed by atoms with Crippen LogP contribution < -0.4 is 5.32 Å². The first-order valence-electron chi connectivity index (χ1n) is 6.92. The first-order valence-corrected chi connectivity index (χ1v) is 8.31. The van der Waals surface area contributed by atoms with E-state index in [1.165, 1.54) is 0 Å². The number of hydrogen-bond donors (Lipinski definition) is 1. The molecule has 1 aliphatic rings. The van der Waals surface area contributed by atoms with Crippen molar-refractivity contribution in [2.24, 2.45) is 5.92 Å². The van der Waals surface area contributed by atoms with Gasteiger partial charge in [-0.05, 0) is 24.3 Å². The molecular formula is C14H23N3O2S. The van der Waals surface area contributed by atoms with Crippen molar-refractivity contribution >= 4 is 23.6 Å². The van der Waals surface area contributed by atoms with E-state index < -0.39 is 0 Å². The van der Waals surface area contributed by atoms with Crippen molar-refractivity contribution in [3.63, 3.8) is 0 Å². The summed E-state index contributed by atoms with van der Waals surface area (Å²) in [5.74, 6) is 2.99. The van der Waals surface area contributed by atoms with Crippen LogP contribution >= 0.6 is 11.8 Å². The normalized spacial score (nSPS) is 19.4. The van der Waals surface area contributed by atoms with Crippen molar-refractivity contribution in [2.75, 3.05) is 30.4 Å². The minimum Gasteiger partial charge on any atom is -0.359 e. The van der Waals surface area contributed by atoms with Gasteiger partial charge in [-0.3, -0.25) is 5.32 Å². The molecule has 0 bridgehead atoms. The Morgan fingerprint density at radius 1 is 1.60 bits per heavy atom. The maximum absolute atomic E-state index is 12.1. The number of hydrogen-bond acceptors (Lipinski definition) is 4. The molecule has 1 N–H and O–H groups in total. The lowest BCUT2D eigenvalue weighted by Crippen LogP contribution is -2.33. The Kier molecular flexibility index (Phi) is 4.62. The van der Waals surface area contributed by atoms with Gasteiger partial charge >= 0.3 is 6.03 Å². The summed E-state index contributed by atoms with van der Waals surface area (Å²) in [5, 5.41) is 6.73. The number of carbonyl (C=O) groups is 1. The topological polar surface area (TPSA) is 58.4 Å².